The third-order valence-electron chi connectivity index (χ3n) is 2.35. The number of nitrogens with zero attached hydrogens (tertiary/aromatic N) is 4. The maximum absolute atomic E-state index is 11.4. The standard InChI is InChI=1S/C10H14N4O2/c1-13-7-14(3-8(15)5-16-2)4-9-10(13)12-6-11-9/h4,6H,3,5,7H2,1-2H3. The van der Waals surface area contributed by atoms with E-state index >= 15 is 0 Å². The van der Waals surface area contributed by atoms with Gasteiger partial charge in [0.15, 0.2) is 11.6 Å². The van der Waals surface area contributed by atoms with Crippen molar-refractivity contribution in [1.29, 1.82) is 0 Å². The zero-order valence-corrected chi connectivity index (χ0v) is 9.38. The Kier molecular flexibility index (Phi) is 3.00. The number of fused-ring (bicyclic) bond motifs is 1. The largest absolute Gasteiger partial charge is 0.377 e. The van der Waals surface area contributed by atoms with E-state index in [0.717, 1.165) is 11.5 Å². The molecule has 2 heterocycles. The van der Waals surface area contributed by atoms with Gasteiger partial charge < -0.3 is 14.5 Å². The number of rotatable bonds is 4. The molecule has 0 N–H and O–H groups in total. The van der Waals surface area contributed by atoms with Crippen molar-refractivity contribution >= 4 is 18.0 Å². The number of methoxy groups -OCH3 is 1. The molecule has 0 spiro atoms. The molecule has 86 valence electrons. The molecule has 0 aromatic carbocycles. The normalized spacial score (nSPS) is 18.4. The van der Waals surface area contributed by atoms with Crippen LogP contribution in [0.15, 0.2) is 21.9 Å². The van der Waals surface area contributed by atoms with Crippen molar-refractivity contribution < 1.29 is 9.53 Å². The molecule has 16 heavy (non-hydrogen) atoms. The third kappa shape index (κ3) is 2.11. The highest BCUT2D eigenvalue weighted by Gasteiger charge is 2.23. The molecule has 2 aliphatic heterocycles. The Balaban J connectivity index is 2.03. The van der Waals surface area contributed by atoms with Gasteiger partial charge in [0.1, 0.15) is 18.6 Å². The van der Waals surface area contributed by atoms with Gasteiger partial charge in [-0.15, -0.1) is 0 Å². The minimum absolute atomic E-state index is 0.0510. The SMILES string of the molecule is COCC(=O)CN1C=C2N=CN=C2N(C)C1. The van der Waals surface area contributed by atoms with Crippen LogP contribution in [0.3, 0.4) is 0 Å². The fourth-order valence-corrected chi connectivity index (χ4v) is 1.74. The molecule has 2 rings (SSSR count). The number of Topliss-reactive ketones (excluding diaryl/α,β-unsaturated/α-hetero) is 1. The van der Waals surface area contributed by atoms with E-state index in [0.29, 0.717) is 13.2 Å². The second-order valence-corrected chi connectivity index (χ2v) is 3.77. The van der Waals surface area contributed by atoms with E-state index in [4.69, 9.17) is 4.74 Å². The van der Waals surface area contributed by atoms with Gasteiger partial charge in [-0.1, -0.05) is 0 Å². The molecule has 0 atom stereocenters. The summed E-state index contributed by atoms with van der Waals surface area (Å²) in [6.45, 7) is 1.12. The Labute approximate surface area is 93.9 Å². The number of aliphatic imine (C=N–C) groups is 2. The first-order valence-corrected chi connectivity index (χ1v) is 4.99. The number of ether oxygens (including phenoxy) is 1. The maximum Gasteiger partial charge on any atom is 0.177 e. The zero-order valence-electron chi connectivity index (χ0n) is 9.38. The van der Waals surface area contributed by atoms with Crippen molar-refractivity contribution in [3.8, 4) is 0 Å². The maximum atomic E-state index is 11.4. The smallest absolute Gasteiger partial charge is 0.177 e. The summed E-state index contributed by atoms with van der Waals surface area (Å²) in [6, 6.07) is 0. The Hall–Kier alpha value is -1.69. The fraction of sp³-hybridized carbons (Fsp3) is 0.500. The monoisotopic (exact) mass is 222 g/mol. The molecule has 0 saturated heterocycles. The number of carbonyl (C=O) groups excluding carboxylic acids is 1. The first kappa shape index (κ1) is 10.8. The molecule has 2 aliphatic rings. The molecule has 0 radical (unpaired) electrons. The second kappa shape index (κ2) is 4.44. The fourth-order valence-electron chi connectivity index (χ4n) is 1.74. The summed E-state index contributed by atoms with van der Waals surface area (Å²) in [4.78, 5) is 23.5. The minimum Gasteiger partial charge on any atom is -0.377 e. The topological polar surface area (TPSA) is 57.5 Å². The summed E-state index contributed by atoms with van der Waals surface area (Å²) in [5, 5.41) is 0. The van der Waals surface area contributed by atoms with Gasteiger partial charge in [-0.3, -0.25) is 4.79 Å². The predicted molar refractivity (Wildman–Crippen MR) is 60.2 cm³/mol. The molecule has 0 bridgehead atoms. The van der Waals surface area contributed by atoms with Crippen LogP contribution in [0, 0.1) is 0 Å². The summed E-state index contributed by atoms with van der Waals surface area (Å²) in [5.41, 5.74) is 0.805. The van der Waals surface area contributed by atoms with E-state index in [2.05, 4.69) is 9.98 Å². The van der Waals surface area contributed by atoms with Gasteiger partial charge in [0.25, 0.3) is 0 Å². The first-order valence-electron chi connectivity index (χ1n) is 4.99. The average molecular weight is 222 g/mol. The van der Waals surface area contributed by atoms with E-state index in [9.17, 15) is 4.79 Å². The highest BCUT2D eigenvalue weighted by atomic mass is 16.5. The Morgan fingerprint density at radius 3 is 3.19 bits per heavy atom. The summed E-state index contributed by atoms with van der Waals surface area (Å²) >= 11 is 0. The van der Waals surface area contributed by atoms with E-state index in [1.807, 2.05) is 23.0 Å². The average Bonchev–Trinajstić information content (AvgIpc) is 2.66. The van der Waals surface area contributed by atoms with Gasteiger partial charge >= 0.3 is 0 Å². The second-order valence-electron chi connectivity index (χ2n) is 3.77. The molecule has 0 unspecified atom stereocenters. The van der Waals surface area contributed by atoms with Crippen molar-refractivity contribution in [3.05, 3.63) is 11.9 Å². The van der Waals surface area contributed by atoms with Gasteiger partial charge in [-0.2, -0.15) is 0 Å². The third-order valence-corrected chi connectivity index (χ3v) is 2.35. The number of hydrogen-bond acceptors (Lipinski definition) is 6. The summed E-state index contributed by atoms with van der Waals surface area (Å²) in [7, 11) is 3.44. The number of ketones is 1. The number of hydrogen-bond donors (Lipinski definition) is 0. The summed E-state index contributed by atoms with van der Waals surface area (Å²) in [6.07, 6.45) is 3.38. The van der Waals surface area contributed by atoms with Crippen LogP contribution in [0.2, 0.25) is 0 Å². The van der Waals surface area contributed by atoms with Crippen LogP contribution in [0.4, 0.5) is 0 Å². The first-order chi connectivity index (χ1) is 7.70. The van der Waals surface area contributed by atoms with Crippen LogP contribution in [0.1, 0.15) is 0 Å². The number of amidine groups is 1. The number of likely N-dealkylation sites (N-methyl/N-ethyl adjacent to an activating group) is 1. The summed E-state index contributed by atoms with van der Waals surface area (Å²) < 4.78 is 4.79. The number of carbonyl (C=O) groups is 1. The molecule has 0 aromatic heterocycles. The Morgan fingerprint density at radius 1 is 1.62 bits per heavy atom. The lowest BCUT2D eigenvalue weighted by Gasteiger charge is -2.32. The van der Waals surface area contributed by atoms with E-state index in [1.54, 1.807) is 0 Å². The Bertz CT molecular complexity index is 386. The van der Waals surface area contributed by atoms with Crippen LogP contribution < -0.4 is 0 Å². The molecular formula is C10H14N4O2. The summed E-state index contributed by atoms with van der Waals surface area (Å²) in [5.74, 6) is 0.908. The van der Waals surface area contributed by atoms with E-state index in [-0.39, 0.29) is 12.4 Å². The van der Waals surface area contributed by atoms with Crippen LogP contribution in [-0.4, -0.2) is 61.7 Å². The van der Waals surface area contributed by atoms with Gasteiger partial charge in [0, 0.05) is 20.4 Å². The lowest BCUT2D eigenvalue weighted by atomic mass is 10.3. The predicted octanol–water partition coefficient (Wildman–Crippen LogP) is -0.311. The van der Waals surface area contributed by atoms with E-state index < -0.39 is 0 Å². The highest BCUT2D eigenvalue weighted by molar-refractivity contribution is 6.06. The molecule has 6 nitrogen and oxygen atoms in total. The van der Waals surface area contributed by atoms with Crippen molar-refractivity contribution in [2.75, 3.05) is 34.0 Å². The molecule has 0 amide bonds. The van der Waals surface area contributed by atoms with Crippen LogP contribution in [0.5, 0.6) is 0 Å². The van der Waals surface area contributed by atoms with Gasteiger partial charge in [-0.25, -0.2) is 9.98 Å². The lowest BCUT2D eigenvalue weighted by Crippen LogP contribution is -2.43. The van der Waals surface area contributed by atoms with Gasteiger partial charge in [-0.05, 0) is 0 Å². The molecule has 6 heteroatoms. The lowest BCUT2D eigenvalue weighted by molar-refractivity contribution is -0.123. The minimum atomic E-state index is 0.0510. The Morgan fingerprint density at radius 2 is 2.44 bits per heavy atom. The van der Waals surface area contributed by atoms with Gasteiger partial charge in [0.05, 0.1) is 13.2 Å². The molecule has 0 saturated carbocycles. The highest BCUT2D eigenvalue weighted by Crippen LogP contribution is 2.16. The van der Waals surface area contributed by atoms with Gasteiger partial charge in [0.2, 0.25) is 0 Å². The van der Waals surface area contributed by atoms with Crippen LogP contribution >= 0.6 is 0 Å². The molecule has 0 fully saturated rings. The molecule has 0 aromatic rings. The molecular weight excluding hydrogens is 208 g/mol. The molecule has 0 aliphatic carbocycles. The van der Waals surface area contributed by atoms with E-state index in [1.165, 1.54) is 13.4 Å². The quantitative estimate of drug-likeness (QED) is 0.654. The van der Waals surface area contributed by atoms with Crippen molar-refractivity contribution in [2.24, 2.45) is 9.98 Å². The van der Waals surface area contributed by atoms with Crippen molar-refractivity contribution in [3.63, 3.8) is 0 Å². The van der Waals surface area contributed by atoms with Crippen LogP contribution in [0.25, 0.3) is 0 Å². The van der Waals surface area contributed by atoms with Crippen LogP contribution in [-0.2, 0) is 9.53 Å². The van der Waals surface area contributed by atoms with Crippen molar-refractivity contribution in [2.45, 2.75) is 0 Å². The van der Waals surface area contributed by atoms with Crippen molar-refractivity contribution in [1.82, 2.24) is 9.80 Å². The zero-order chi connectivity index (χ0) is 11.5.